The third kappa shape index (κ3) is 2.91. The first kappa shape index (κ1) is 14.8. The van der Waals surface area contributed by atoms with Crippen LogP contribution in [0.15, 0.2) is 18.2 Å². The second kappa shape index (κ2) is 5.91. The lowest BCUT2D eigenvalue weighted by atomic mass is 10.0. The highest BCUT2D eigenvalue weighted by Gasteiger charge is 2.36. The van der Waals surface area contributed by atoms with Crippen molar-refractivity contribution in [3.8, 4) is 0 Å². The van der Waals surface area contributed by atoms with Crippen LogP contribution in [0.25, 0.3) is 0 Å². The Labute approximate surface area is 128 Å². The van der Waals surface area contributed by atoms with Gasteiger partial charge in [-0.05, 0) is 30.5 Å². The van der Waals surface area contributed by atoms with Gasteiger partial charge in [0.2, 0.25) is 5.91 Å². The van der Waals surface area contributed by atoms with Gasteiger partial charge in [-0.3, -0.25) is 10.1 Å². The molecule has 2 aliphatic rings. The number of likely N-dealkylation sites (N-methyl/N-ethyl adjacent to an activating group) is 1. The van der Waals surface area contributed by atoms with Crippen LogP contribution in [0.3, 0.4) is 0 Å². The predicted molar refractivity (Wildman–Crippen MR) is 77.7 cm³/mol. The topological polar surface area (TPSA) is 41.6 Å². The summed E-state index contributed by atoms with van der Waals surface area (Å²) in [6.07, 6.45) is 1.37. The van der Waals surface area contributed by atoms with Crippen molar-refractivity contribution < 1.29 is 13.9 Å². The quantitative estimate of drug-likeness (QED) is 0.929. The fourth-order valence-corrected chi connectivity index (χ4v) is 3.13. The Morgan fingerprint density at radius 1 is 1.43 bits per heavy atom. The number of hydrogen-bond acceptors (Lipinski definition) is 3. The fourth-order valence-electron chi connectivity index (χ4n) is 3.01. The second-order valence-corrected chi connectivity index (χ2v) is 6.04. The number of ether oxygens (including phenoxy) is 1. The van der Waals surface area contributed by atoms with Gasteiger partial charge in [-0.25, -0.2) is 4.39 Å². The summed E-state index contributed by atoms with van der Waals surface area (Å²) in [5.74, 6) is -0.331. The summed E-state index contributed by atoms with van der Waals surface area (Å²) in [5, 5.41) is 3.47. The Morgan fingerprint density at radius 2 is 2.24 bits per heavy atom. The zero-order valence-corrected chi connectivity index (χ0v) is 12.6. The molecule has 1 aromatic carbocycles. The summed E-state index contributed by atoms with van der Waals surface area (Å²) in [6.45, 7) is 1.37. The third-order valence-corrected chi connectivity index (χ3v) is 4.51. The smallest absolute Gasteiger partial charge is 0.239 e. The molecular weight excluding hydrogens is 295 g/mol. The molecule has 0 aromatic heterocycles. The fraction of sp³-hybridized carbons (Fsp3) is 0.533. The van der Waals surface area contributed by atoms with Crippen molar-refractivity contribution in [3.05, 3.63) is 34.6 Å². The molecule has 2 fully saturated rings. The van der Waals surface area contributed by atoms with Crippen molar-refractivity contribution in [3.63, 3.8) is 0 Å². The van der Waals surface area contributed by atoms with E-state index in [1.807, 2.05) is 0 Å². The van der Waals surface area contributed by atoms with Crippen LogP contribution in [0.1, 0.15) is 24.5 Å². The minimum Gasteiger partial charge on any atom is -0.372 e. The molecule has 0 saturated carbocycles. The number of amides is 1. The Kier molecular flexibility index (Phi) is 4.15. The number of halogens is 2. The van der Waals surface area contributed by atoms with Crippen LogP contribution in [0.5, 0.6) is 0 Å². The Balaban J connectivity index is 1.73. The van der Waals surface area contributed by atoms with Gasteiger partial charge < -0.3 is 9.64 Å². The van der Waals surface area contributed by atoms with Gasteiger partial charge >= 0.3 is 0 Å². The molecule has 114 valence electrons. The van der Waals surface area contributed by atoms with E-state index in [-0.39, 0.29) is 29.1 Å². The van der Waals surface area contributed by atoms with Crippen LogP contribution in [-0.4, -0.2) is 43.1 Å². The van der Waals surface area contributed by atoms with Crippen LogP contribution < -0.4 is 5.32 Å². The number of likely N-dealkylation sites (tertiary alicyclic amines) is 1. The summed E-state index contributed by atoms with van der Waals surface area (Å²) in [6, 6.07) is 4.58. The molecule has 1 aromatic rings. The average molecular weight is 313 g/mol. The van der Waals surface area contributed by atoms with Crippen LogP contribution >= 0.6 is 11.6 Å². The highest BCUT2D eigenvalue weighted by Crippen LogP contribution is 2.31. The Hall–Kier alpha value is -1.17. The molecule has 2 heterocycles. The zero-order chi connectivity index (χ0) is 15.0. The molecule has 6 heteroatoms. The minimum absolute atomic E-state index is 0.0195. The van der Waals surface area contributed by atoms with Crippen molar-refractivity contribution in [2.24, 2.45) is 0 Å². The summed E-state index contributed by atoms with van der Waals surface area (Å²) in [4.78, 5) is 13.7. The lowest BCUT2D eigenvalue weighted by molar-refractivity contribution is -0.128. The van der Waals surface area contributed by atoms with Gasteiger partial charge in [0, 0.05) is 26.2 Å². The highest BCUT2D eigenvalue weighted by atomic mass is 35.5. The van der Waals surface area contributed by atoms with E-state index in [1.165, 1.54) is 6.07 Å². The van der Waals surface area contributed by atoms with E-state index >= 15 is 0 Å². The van der Waals surface area contributed by atoms with E-state index in [2.05, 4.69) is 5.32 Å². The van der Waals surface area contributed by atoms with Gasteiger partial charge in [0.1, 0.15) is 5.82 Å². The molecule has 1 amide bonds. The van der Waals surface area contributed by atoms with E-state index in [0.717, 1.165) is 24.9 Å². The molecule has 0 unspecified atom stereocenters. The summed E-state index contributed by atoms with van der Waals surface area (Å²) in [5.41, 5.74) is 0.755. The van der Waals surface area contributed by atoms with Crippen LogP contribution in [0, 0.1) is 5.82 Å². The summed E-state index contributed by atoms with van der Waals surface area (Å²) >= 11 is 5.71. The first-order valence-electron chi connectivity index (χ1n) is 7.14. The van der Waals surface area contributed by atoms with Crippen molar-refractivity contribution in [1.82, 2.24) is 10.2 Å². The van der Waals surface area contributed by atoms with E-state index < -0.39 is 5.82 Å². The first-order chi connectivity index (χ1) is 10.1. The van der Waals surface area contributed by atoms with Crippen molar-refractivity contribution >= 4 is 17.5 Å². The summed E-state index contributed by atoms with van der Waals surface area (Å²) < 4.78 is 19.3. The molecule has 2 aliphatic heterocycles. The average Bonchev–Trinajstić information content (AvgIpc) is 3.04. The number of carbonyl (C=O) groups excluding carboxylic acids is 1. The SMILES string of the molecule is CN1CC[C@H](N[C@H]2CCO[C@@H]2c2ccc(Cl)c(F)c2)C1=O. The van der Waals surface area contributed by atoms with Crippen molar-refractivity contribution in [1.29, 1.82) is 0 Å². The van der Waals surface area contributed by atoms with Gasteiger partial charge in [0.25, 0.3) is 0 Å². The summed E-state index contributed by atoms with van der Waals surface area (Å²) in [7, 11) is 1.81. The molecule has 0 spiro atoms. The largest absolute Gasteiger partial charge is 0.372 e. The maximum atomic E-state index is 13.6. The molecule has 0 radical (unpaired) electrons. The van der Waals surface area contributed by atoms with Gasteiger partial charge in [-0.15, -0.1) is 0 Å². The van der Waals surface area contributed by atoms with E-state index in [0.29, 0.717) is 6.61 Å². The maximum Gasteiger partial charge on any atom is 0.239 e. The number of benzene rings is 1. The number of nitrogens with zero attached hydrogens (tertiary/aromatic N) is 1. The van der Waals surface area contributed by atoms with Crippen LogP contribution in [-0.2, 0) is 9.53 Å². The Bertz CT molecular complexity index is 554. The van der Waals surface area contributed by atoms with Gasteiger partial charge in [-0.2, -0.15) is 0 Å². The number of rotatable bonds is 3. The van der Waals surface area contributed by atoms with Gasteiger partial charge in [-0.1, -0.05) is 17.7 Å². The van der Waals surface area contributed by atoms with E-state index in [9.17, 15) is 9.18 Å². The van der Waals surface area contributed by atoms with Gasteiger partial charge in [0.15, 0.2) is 0 Å². The maximum absolute atomic E-state index is 13.6. The van der Waals surface area contributed by atoms with Crippen molar-refractivity contribution in [2.75, 3.05) is 20.2 Å². The molecule has 2 saturated heterocycles. The normalized spacial score (nSPS) is 29.4. The van der Waals surface area contributed by atoms with E-state index in [4.69, 9.17) is 16.3 Å². The molecular formula is C15H18ClFN2O2. The molecule has 0 aliphatic carbocycles. The second-order valence-electron chi connectivity index (χ2n) is 5.63. The molecule has 1 N–H and O–H groups in total. The standard InChI is InChI=1S/C15H18ClFN2O2/c1-19-6-4-13(15(19)20)18-12-5-7-21-14(12)9-2-3-10(16)11(17)8-9/h2-3,8,12-14,18H,4-7H2,1H3/t12-,13-,14+/m0/s1. The van der Waals surface area contributed by atoms with Gasteiger partial charge in [0.05, 0.1) is 17.2 Å². The zero-order valence-electron chi connectivity index (χ0n) is 11.8. The number of hydrogen-bond donors (Lipinski definition) is 1. The Morgan fingerprint density at radius 3 is 2.90 bits per heavy atom. The van der Waals surface area contributed by atoms with Crippen LogP contribution in [0.4, 0.5) is 4.39 Å². The number of carbonyl (C=O) groups is 1. The first-order valence-corrected chi connectivity index (χ1v) is 7.51. The molecule has 0 bridgehead atoms. The minimum atomic E-state index is -0.444. The van der Waals surface area contributed by atoms with Crippen molar-refractivity contribution in [2.45, 2.75) is 31.0 Å². The third-order valence-electron chi connectivity index (χ3n) is 4.21. The highest BCUT2D eigenvalue weighted by molar-refractivity contribution is 6.30. The number of nitrogens with one attached hydrogen (secondary N) is 1. The lowest BCUT2D eigenvalue weighted by Crippen LogP contribution is -2.44. The monoisotopic (exact) mass is 312 g/mol. The lowest BCUT2D eigenvalue weighted by Gasteiger charge is -2.23. The predicted octanol–water partition coefficient (Wildman–Crippen LogP) is 2.13. The molecule has 4 nitrogen and oxygen atoms in total. The molecule has 3 rings (SSSR count). The van der Waals surface area contributed by atoms with Crippen LogP contribution in [0.2, 0.25) is 5.02 Å². The molecule has 21 heavy (non-hydrogen) atoms. The molecule has 3 atom stereocenters. The van der Waals surface area contributed by atoms with E-state index in [1.54, 1.807) is 24.1 Å².